The second kappa shape index (κ2) is 4.29. The van der Waals surface area contributed by atoms with Gasteiger partial charge in [-0.15, -0.1) is 0 Å². The van der Waals surface area contributed by atoms with Gasteiger partial charge in [-0.3, -0.25) is 9.48 Å². The second-order valence-corrected chi connectivity index (χ2v) is 3.90. The number of hydrogen-bond acceptors (Lipinski definition) is 3. The van der Waals surface area contributed by atoms with E-state index in [-0.39, 0.29) is 5.91 Å². The molecule has 0 saturated carbocycles. The molecule has 2 rings (SSSR count). The minimum absolute atomic E-state index is 0.224. The molecule has 0 aliphatic rings. The fourth-order valence-electron chi connectivity index (χ4n) is 1.55. The number of amides is 1. The molecule has 1 heterocycles. The largest absolute Gasteiger partial charge is 0.399 e. The van der Waals surface area contributed by atoms with Gasteiger partial charge >= 0.3 is 0 Å². The predicted molar refractivity (Wildman–Crippen MR) is 66.8 cm³/mol. The fourth-order valence-corrected chi connectivity index (χ4v) is 1.55. The van der Waals surface area contributed by atoms with Crippen molar-refractivity contribution in [2.24, 2.45) is 7.05 Å². The van der Waals surface area contributed by atoms with Crippen molar-refractivity contribution in [3.8, 4) is 0 Å². The summed E-state index contributed by atoms with van der Waals surface area (Å²) < 4.78 is 1.59. The number of anilines is 2. The molecule has 1 aromatic carbocycles. The average Bonchev–Trinajstić information content (AvgIpc) is 2.69. The number of nitrogens with one attached hydrogen (secondary N) is 1. The van der Waals surface area contributed by atoms with E-state index in [1.807, 2.05) is 13.0 Å². The first-order chi connectivity index (χ1) is 8.06. The van der Waals surface area contributed by atoms with Gasteiger partial charge in [0.1, 0.15) is 0 Å². The lowest BCUT2D eigenvalue weighted by Crippen LogP contribution is -2.13. The molecule has 0 aliphatic carbocycles. The van der Waals surface area contributed by atoms with Crippen LogP contribution in [0, 0.1) is 6.92 Å². The van der Waals surface area contributed by atoms with Gasteiger partial charge in [0.25, 0.3) is 5.91 Å². The number of nitrogens with two attached hydrogens (primary N) is 1. The Hall–Kier alpha value is -2.30. The number of carbonyl (C=O) groups is 1. The van der Waals surface area contributed by atoms with E-state index >= 15 is 0 Å². The van der Waals surface area contributed by atoms with E-state index in [1.54, 1.807) is 36.1 Å². The van der Waals surface area contributed by atoms with E-state index in [0.717, 1.165) is 11.3 Å². The van der Waals surface area contributed by atoms with E-state index in [0.29, 0.717) is 11.4 Å². The van der Waals surface area contributed by atoms with E-state index in [9.17, 15) is 4.79 Å². The van der Waals surface area contributed by atoms with E-state index in [4.69, 9.17) is 5.73 Å². The molecule has 0 fully saturated rings. The highest BCUT2D eigenvalue weighted by Gasteiger charge is 2.10. The Morgan fingerprint density at radius 3 is 2.76 bits per heavy atom. The van der Waals surface area contributed by atoms with Crippen LogP contribution in [0.4, 0.5) is 11.4 Å². The zero-order chi connectivity index (χ0) is 12.4. The second-order valence-electron chi connectivity index (χ2n) is 3.90. The van der Waals surface area contributed by atoms with Crippen LogP contribution in [0.5, 0.6) is 0 Å². The van der Waals surface area contributed by atoms with Crippen molar-refractivity contribution in [1.82, 2.24) is 9.78 Å². The van der Waals surface area contributed by atoms with E-state index in [1.165, 1.54) is 0 Å². The summed E-state index contributed by atoms with van der Waals surface area (Å²) in [4.78, 5) is 11.8. The molecule has 17 heavy (non-hydrogen) atoms. The van der Waals surface area contributed by atoms with Crippen LogP contribution in [0.3, 0.4) is 0 Å². The molecular weight excluding hydrogens is 216 g/mol. The summed E-state index contributed by atoms with van der Waals surface area (Å²) in [5.74, 6) is -0.224. The number of carbonyl (C=O) groups excluding carboxylic acids is 1. The van der Waals surface area contributed by atoms with Crippen LogP contribution in [-0.4, -0.2) is 15.7 Å². The summed E-state index contributed by atoms with van der Waals surface area (Å²) in [6, 6.07) is 7.02. The zero-order valence-electron chi connectivity index (χ0n) is 9.77. The Bertz CT molecular complexity index is 559. The molecule has 0 aliphatic heterocycles. The highest BCUT2D eigenvalue weighted by atomic mass is 16.1. The SMILES string of the molecule is Cc1cc(N)ccc1NC(=O)c1ccn(C)n1. The van der Waals surface area contributed by atoms with E-state index in [2.05, 4.69) is 10.4 Å². The van der Waals surface area contributed by atoms with Crippen LogP contribution in [0.1, 0.15) is 16.1 Å². The van der Waals surface area contributed by atoms with E-state index < -0.39 is 0 Å². The molecule has 0 unspecified atom stereocenters. The van der Waals surface area contributed by atoms with Gasteiger partial charge in [0.15, 0.2) is 5.69 Å². The maximum Gasteiger partial charge on any atom is 0.276 e. The number of hydrogen-bond donors (Lipinski definition) is 2. The van der Waals surface area contributed by atoms with Gasteiger partial charge in [0.05, 0.1) is 0 Å². The molecule has 5 nitrogen and oxygen atoms in total. The summed E-state index contributed by atoms with van der Waals surface area (Å²) in [5.41, 5.74) is 8.39. The summed E-state index contributed by atoms with van der Waals surface area (Å²) in [5, 5.41) is 6.83. The Balaban J connectivity index is 2.18. The number of aromatic nitrogens is 2. The molecule has 0 radical (unpaired) electrons. The molecule has 0 bridgehead atoms. The molecule has 1 aromatic heterocycles. The molecule has 0 atom stereocenters. The highest BCUT2D eigenvalue weighted by Crippen LogP contribution is 2.18. The number of rotatable bonds is 2. The summed E-state index contributed by atoms with van der Waals surface area (Å²) in [6.45, 7) is 1.89. The molecular formula is C12H14N4O. The average molecular weight is 230 g/mol. The molecule has 1 amide bonds. The first-order valence-corrected chi connectivity index (χ1v) is 5.23. The van der Waals surface area contributed by atoms with Crippen LogP contribution in [0.15, 0.2) is 30.5 Å². The number of benzene rings is 1. The van der Waals surface area contributed by atoms with Crippen molar-refractivity contribution >= 4 is 17.3 Å². The van der Waals surface area contributed by atoms with Crippen LogP contribution >= 0.6 is 0 Å². The van der Waals surface area contributed by atoms with Gasteiger partial charge in [0, 0.05) is 24.6 Å². The first kappa shape index (κ1) is 11.2. The van der Waals surface area contributed by atoms with Crippen LogP contribution in [-0.2, 0) is 7.05 Å². The monoisotopic (exact) mass is 230 g/mol. The van der Waals surface area contributed by atoms with Crippen LogP contribution in [0.25, 0.3) is 0 Å². The number of nitrogens with zero attached hydrogens (tertiary/aromatic N) is 2. The minimum atomic E-state index is -0.224. The Morgan fingerprint density at radius 2 is 2.18 bits per heavy atom. The highest BCUT2D eigenvalue weighted by molar-refractivity contribution is 6.03. The fraction of sp³-hybridized carbons (Fsp3) is 0.167. The quantitative estimate of drug-likeness (QED) is 0.769. The summed E-state index contributed by atoms with van der Waals surface area (Å²) in [7, 11) is 1.77. The molecule has 2 aromatic rings. The Morgan fingerprint density at radius 1 is 1.41 bits per heavy atom. The maximum absolute atomic E-state index is 11.8. The third-order valence-electron chi connectivity index (χ3n) is 2.44. The number of aryl methyl sites for hydroxylation is 2. The molecule has 0 saturated heterocycles. The van der Waals surface area contributed by atoms with Gasteiger partial charge in [-0.1, -0.05) is 0 Å². The molecule has 5 heteroatoms. The normalized spacial score (nSPS) is 10.2. The standard InChI is InChI=1S/C12H14N4O/c1-8-7-9(13)3-4-10(8)14-12(17)11-5-6-16(2)15-11/h3-7H,13H2,1-2H3,(H,14,17). The maximum atomic E-state index is 11.8. The smallest absolute Gasteiger partial charge is 0.276 e. The van der Waals surface area contributed by atoms with Gasteiger partial charge in [-0.05, 0) is 36.8 Å². The zero-order valence-corrected chi connectivity index (χ0v) is 9.77. The van der Waals surface area contributed by atoms with Crippen molar-refractivity contribution in [1.29, 1.82) is 0 Å². The van der Waals surface area contributed by atoms with Crippen LogP contribution in [0.2, 0.25) is 0 Å². The summed E-state index contributed by atoms with van der Waals surface area (Å²) >= 11 is 0. The first-order valence-electron chi connectivity index (χ1n) is 5.23. The van der Waals surface area contributed by atoms with Crippen molar-refractivity contribution in [3.05, 3.63) is 41.7 Å². The molecule has 0 spiro atoms. The van der Waals surface area contributed by atoms with Gasteiger partial charge in [0.2, 0.25) is 0 Å². The van der Waals surface area contributed by atoms with Gasteiger partial charge < -0.3 is 11.1 Å². The predicted octanol–water partition coefficient (Wildman–Crippen LogP) is 1.56. The van der Waals surface area contributed by atoms with Crippen molar-refractivity contribution < 1.29 is 4.79 Å². The van der Waals surface area contributed by atoms with Crippen molar-refractivity contribution in [2.45, 2.75) is 6.92 Å². The van der Waals surface area contributed by atoms with Crippen molar-refractivity contribution in [3.63, 3.8) is 0 Å². The molecule has 3 N–H and O–H groups in total. The lowest BCUT2D eigenvalue weighted by Gasteiger charge is -2.07. The van der Waals surface area contributed by atoms with Crippen molar-refractivity contribution in [2.75, 3.05) is 11.1 Å². The van der Waals surface area contributed by atoms with Gasteiger partial charge in [-0.2, -0.15) is 5.10 Å². The van der Waals surface area contributed by atoms with Crippen LogP contribution < -0.4 is 11.1 Å². The lowest BCUT2D eigenvalue weighted by atomic mass is 10.2. The number of nitrogen functional groups attached to an aromatic ring is 1. The summed E-state index contributed by atoms with van der Waals surface area (Å²) in [6.07, 6.45) is 1.73. The minimum Gasteiger partial charge on any atom is -0.399 e. The Kier molecular flexibility index (Phi) is 2.82. The molecule has 88 valence electrons. The van der Waals surface area contributed by atoms with Gasteiger partial charge in [-0.25, -0.2) is 0 Å². The Labute approximate surface area is 99.2 Å². The third-order valence-corrected chi connectivity index (χ3v) is 2.44. The lowest BCUT2D eigenvalue weighted by molar-refractivity contribution is 0.102. The topological polar surface area (TPSA) is 72.9 Å². The third kappa shape index (κ3) is 2.44.